The summed E-state index contributed by atoms with van der Waals surface area (Å²) in [4.78, 5) is 15.0. The lowest BCUT2D eigenvalue weighted by atomic mass is 9.93. The van der Waals surface area contributed by atoms with Crippen LogP contribution in [0.1, 0.15) is 26.5 Å². The summed E-state index contributed by atoms with van der Waals surface area (Å²) in [7, 11) is 0. The number of hydrogen-bond donors (Lipinski definition) is 0. The zero-order chi connectivity index (χ0) is 17.5. The lowest BCUT2D eigenvalue weighted by Gasteiger charge is -2.15. The van der Waals surface area contributed by atoms with Crippen LogP contribution in [-0.2, 0) is 5.41 Å². The van der Waals surface area contributed by atoms with Gasteiger partial charge >= 0.3 is 5.00 Å². The molecule has 0 saturated carbocycles. The maximum absolute atomic E-state index is 10.8. The first kappa shape index (κ1) is 17.5. The van der Waals surface area contributed by atoms with Crippen LogP contribution in [0.25, 0.3) is 5.00 Å². The van der Waals surface area contributed by atoms with Crippen molar-refractivity contribution in [3.8, 4) is 5.00 Å². The minimum absolute atomic E-state index is 0.0449. The standard InChI is InChI=1S/C12H11BrN6O2S3/c1-12(2,3)8-9(13)23-11(14-8)24-10-15-16-17-18(10)6-4-5-7(22-6)19(20)21/h4-5H,1-3H3. The van der Waals surface area contributed by atoms with E-state index in [9.17, 15) is 10.1 Å². The van der Waals surface area contributed by atoms with Gasteiger partial charge in [-0.05, 0) is 55.5 Å². The van der Waals surface area contributed by atoms with Gasteiger partial charge in [0.25, 0.3) is 0 Å². The van der Waals surface area contributed by atoms with E-state index in [4.69, 9.17) is 0 Å². The van der Waals surface area contributed by atoms with E-state index in [1.807, 2.05) is 0 Å². The van der Waals surface area contributed by atoms with E-state index in [-0.39, 0.29) is 10.4 Å². The number of thiazole rings is 1. The second-order valence-electron chi connectivity index (χ2n) is 5.70. The van der Waals surface area contributed by atoms with Crippen LogP contribution in [0.5, 0.6) is 0 Å². The largest absolute Gasteiger partial charge is 0.326 e. The van der Waals surface area contributed by atoms with Gasteiger partial charge in [-0.15, -0.1) is 5.10 Å². The Hall–Kier alpha value is -1.37. The third-order valence-electron chi connectivity index (χ3n) is 2.86. The van der Waals surface area contributed by atoms with Gasteiger partial charge in [0.15, 0.2) is 4.34 Å². The summed E-state index contributed by atoms with van der Waals surface area (Å²) in [6.07, 6.45) is 0. The average Bonchev–Trinajstić information content (AvgIpc) is 3.17. The summed E-state index contributed by atoms with van der Waals surface area (Å²) in [6, 6.07) is 3.06. The van der Waals surface area contributed by atoms with Crippen LogP contribution in [0.4, 0.5) is 5.00 Å². The van der Waals surface area contributed by atoms with Gasteiger partial charge in [-0.1, -0.05) is 32.1 Å². The molecule has 0 amide bonds. The highest BCUT2D eigenvalue weighted by atomic mass is 79.9. The molecule has 0 aliphatic carbocycles. The van der Waals surface area contributed by atoms with Crippen LogP contribution < -0.4 is 0 Å². The number of rotatable bonds is 4. The van der Waals surface area contributed by atoms with E-state index in [0.717, 1.165) is 25.2 Å². The van der Waals surface area contributed by atoms with Crippen molar-refractivity contribution in [1.29, 1.82) is 0 Å². The molecule has 0 radical (unpaired) electrons. The maximum Gasteiger partial charge on any atom is 0.326 e. The summed E-state index contributed by atoms with van der Waals surface area (Å²) in [5.41, 5.74) is 0.898. The Morgan fingerprint density at radius 3 is 2.67 bits per heavy atom. The number of thiophene rings is 1. The van der Waals surface area contributed by atoms with E-state index in [1.54, 1.807) is 6.07 Å². The molecule has 3 rings (SSSR count). The van der Waals surface area contributed by atoms with Gasteiger partial charge in [0.1, 0.15) is 5.00 Å². The molecule has 0 spiro atoms. The zero-order valence-corrected chi connectivity index (χ0v) is 16.8. The predicted molar refractivity (Wildman–Crippen MR) is 96.3 cm³/mol. The van der Waals surface area contributed by atoms with Crippen molar-refractivity contribution in [2.24, 2.45) is 0 Å². The Kier molecular flexibility index (Phi) is 4.73. The molecule has 8 nitrogen and oxygen atoms in total. The van der Waals surface area contributed by atoms with Crippen LogP contribution in [0, 0.1) is 10.1 Å². The maximum atomic E-state index is 10.8. The van der Waals surface area contributed by atoms with E-state index >= 15 is 0 Å². The molecule has 12 heteroatoms. The van der Waals surface area contributed by atoms with Gasteiger partial charge < -0.3 is 0 Å². The Labute approximate surface area is 157 Å². The van der Waals surface area contributed by atoms with E-state index in [1.165, 1.54) is 33.8 Å². The molecule has 24 heavy (non-hydrogen) atoms. The molecule has 0 bridgehead atoms. The van der Waals surface area contributed by atoms with Crippen molar-refractivity contribution >= 4 is 55.4 Å². The van der Waals surface area contributed by atoms with Crippen molar-refractivity contribution in [2.45, 2.75) is 35.7 Å². The second kappa shape index (κ2) is 6.50. The summed E-state index contributed by atoms with van der Waals surface area (Å²) < 4.78 is 3.26. The molecule has 0 N–H and O–H groups in total. The Balaban J connectivity index is 1.90. The number of halogens is 1. The Morgan fingerprint density at radius 1 is 1.33 bits per heavy atom. The molecule has 3 aromatic heterocycles. The molecule has 0 unspecified atom stereocenters. The van der Waals surface area contributed by atoms with Gasteiger partial charge in [0.05, 0.1) is 14.4 Å². The summed E-state index contributed by atoms with van der Waals surface area (Å²) in [5, 5.41) is 23.6. The summed E-state index contributed by atoms with van der Waals surface area (Å²) in [5.74, 6) is 0. The smallest absolute Gasteiger partial charge is 0.258 e. The molecule has 3 heterocycles. The minimum atomic E-state index is -0.432. The highest BCUT2D eigenvalue weighted by molar-refractivity contribution is 9.11. The molecule has 0 saturated heterocycles. The third kappa shape index (κ3) is 3.50. The van der Waals surface area contributed by atoms with Gasteiger partial charge in [-0.25, -0.2) is 4.98 Å². The first-order valence-electron chi connectivity index (χ1n) is 6.63. The quantitative estimate of drug-likeness (QED) is 0.434. The molecule has 3 aromatic rings. The van der Waals surface area contributed by atoms with E-state index < -0.39 is 4.92 Å². The minimum Gasteiger partial charge on any atom is -0.258 e. The van der Waals surface area contributed by atoms with Gasteiger partial charge in [-0.2, -0.15) is 4.68 Å². The fourth-order valence-corrected chi connectivity index (χ4v) is 6.04. The fraction of sp³-hybridized carbons (Fsp3) is 0.333. The number of hydrogen-bond acceptors (Lipinski definition) is 9. The summed E-state index contributed by atoms with van der Waals surface area (Å²) >= 11 is 7.40. The average molecular weight is 447 g/mol. The molecule has 0 aliphatic heterocycles. The van der Waals surface area contributed by atoms with E-state index in [2.05, 4.69) is 57.2 Å². The van der Waals surface area contributed by atoms with Crippen molar-refractivity contribution in [1.82, 2.24) is 25.2 Å². The van der Waals surface area contributed by atoms with Gasteiger partial charge in [-0.3, -0.25) is 10.1 Å². The predicted octanol–water partition coefficient (Wildman–Crippen LogP) is 4.30. The number of nitro groups is 1. The van der Waals surface area contributed by atoms with Crippen molar-refractivity contribution in [3.05, 3.63) is 31.7 Å². The monoisotopic (exact) mass is 446 g/mol. The number of tetrazole rings is 1. The van der Waals surface area contributed by atoms with E-state index in [0.29, 0.717) is 10.2 Å². The SMILES string of the molecule is CC(C)(C)c1nc(Sc2nnnn2-c2ccc([N+](=O)[O-])s2)sc1Br. The van der Waals surface area contributed by atoms with Crippen LogP contribution in [0.15, 0.2) is 25.4 Å². The lowest BCUT2D eigenvalue weighted by Crippen LogP contribution is -2.12. The molecule has 0 atom stereocenters. The van der Waals surface area contributed by atoms with Crippen LogP contribution in [-0.4, -0.2) is 30.1 Å². The second-order valence-corrected chi connectivity index (χ2v) is 10.3. The van der Waals surface area contributed by atoms with Crippen molar-refractivity contribution in [2.75, 3.05) is 0 Å². The van der Waals surface area contributed by atoms with Gasteiger partial charge in [0, 0.05) is 11.5 Å². The number of nitrogens with zero attached hydrogens (tertiary/aromatic N) is 6. The zero-order valence-electron chi connectivity index (χ0n) is 12.8. The first-order valence-corrected chi connectivity index (χ1v) is 9.87. The molecule has 0 fully saturated rings. The molecular weight excluding hydrogens is 436 g/mol. The van der Waals surface area contributed by atoms with Gasteiger partial charge in [0.2, 0.25) is 5.16 Å². The molecule has 0 aromatic carbocycles. The molecular formula is C12H11BrN6O2S3. The fourth-order valence-electron chi connectivity index (χ4n) is 1.78. The number of aromatic nitrogens is 5. The van der Waals surface area contributed by atoms with Crippen LogP contribution in [0.3, 0.4) is 0 Å². The van der Waals surface area contributed by atoms with Crippen molar-refractivity contribution < 1.29 is 4.92 Å². The third-order valence-corrected chi connectivity index (χ3v) is 6.58. The molecule has 126 valence electrons. The highest BCUT2D eigenvalue weighted by Gasteiger charge is 2.24. The van der Waals surface area contributed by atoms with Crippen molar-refractivity contribution in [3.63, 3.8) is 0 Å². The lowest BCUT2D eigenvalue weighted by molar-refractivity contribution is -0.380. The first-order chi connectivity index (χ1) is 11.3. The Morgan fingerprint density at radius 2 is 2.08 bits per heavy atom. The normalized spacial score (nSPS) is 11.8. The summed E-state index contributed by atoms with van der Waals surface area (Å²) in [6.45, 7) is 6.28. The highest BCUT2D eigenvalue weighted by Crippen LogP contribution is 2.40. The van der Waals surface area contributed by atoms with Crippen LogP contribution >= 0.6 is 50.4 Å². The molecule has 0 aliphatic rings. The topological polar surface area (TPSA) is 99.6 Å². The Bertz CT molecular complexity index is 897. The van der Waals surface area contributed by atoms with Crippen LogP contribution in [0.2, 0.25) is 0 Å².